The maximum atomic E-state index is 10.8. The van der Waals surface area contributed by atoms with E-state index in [9.17, 15) is 4.57 Å². The van der Waals surface area contributed by atoms with Crippen molar-refractivity contribution in [1.29, 1.82) is 0 Å². The monoisotopic (exact) mass is 184 g/mol. The zero-order chi connectivity index (χ0) is 8.91. The second kappa shape index (κ2) is 4.85. The van der Waals surface area contributed by atoms with Crippen LogP contribution in [0.2, 0.25) is 0 Å². The van der Waals surface area contributed by atoms with Crippen molar-refractivity contribution in [1.82, 2.24) is 0 Å². The van der Waals surface area contributed by atoms with Crippen molar-refractivity contribution < 1.29 is 23.2 Å². The highest BCUT2D eigenvalue weighted by molar-refractivity contribution is 7.47. The van der Waals surface area contributed by atoms with Crippen molar-refractivity contribution >= 4 is 7.82 Å². The van der Waals surface area contributed by atoms with Crippen molar-refractivity contribution in [2.45, 2.75) is 20.0 Å². The van der Waals surface area contributed by atoms with E-state index in [0.29, 0.717) is 0 Å². The molecule has 1 atom stereocenters. The Hall–Kier alpha value is 0.0700. The Balaban J connectivity index is 3.71. The van der Waals surface area contributed by atoms with Gasteiger partial charge in [0.1, 0.15) is 0 Å². The highest BCUT2D eigenvalue weighted by atomic mass is 31.2. The SMILES string of the molecule is COCOP(=O)(O)OC(C)C. The van der Waals surface area contributed by atoms with Crippen molar-refractivity contribution in [2.75, 3.05) is 13.9 Å². The summed E-state index contributed by atoms with van der Waals surface area (Å²) in [5, 5.41) is 0. The topological polar surface area (TPSA) is 65.0 Å². The highest BCUT2D eigenvalue weighted by Crippen LogP contribution is 2.44. The summed E-state index contributed by atoms with van der Waals surface area (Å²) in [5.41, 5.74) is 0. The molecule has 0 amide bonds. The van der Waals surface area contributed by atoms with Gasteiger partial charge < -0.3 is 9.63 Å². The molecule has 0 aliphatic heterocycles. The molecule has 0 aromatic heterocycles. The molecule has 0 aliphatic carbocycles. The van der Waals surface area contributed by atoms with Crippen LogP contribution < -0.4 is 0 Å². The number of methoxy groups -OCH3 is 1. The van der Waals surface area contributed by atoms with Gasteiger partial charge in [0.05, 0.1) is 6.10 Å². The molecule has 0 fully saturated rings. The molecule has 11 heavy (non-hydrogen) atoms. The number of ether oxygens (including phenoxy) is 1. The maximum absolute atomic E-state index is 10.8. The van der Waals surface area contributed by atoms with Crippen molar-refractivity contribution in [2.24, 2.45) is 0 Å². The lowest BCUT2D eigenvalue weighted by Crippen LogP contribution is -2.04. The van der Waals surface area contributed by atoms with Crippen LogP contribution in [0.1, 0.15) is 13.8 Å². The second-order valence-electron chi connectivity index (χ2n) is 2.16. The predicted molar refractivity (Wildman–Crippen MR) is 39.0 cm³/mol. The second-order valence-corrected chi connectivity index (χ2v) is 3.56. The average Bonchev–Trinajstić information content (AvgIpc) is 1.81. The molecule has 0 saturated carbocycles. The summed E-state index contributed by atoms with van der Waals surface area (Å²) in [4.78, 5) is 8.85. The Morgan fingerprint density at radius 1 is 1.55 bits per heavy atom. The van der Waals surface area contributed by atoms with E-state index >= 15 is 0 Å². The molecule has 0 spiro atoms. The van der Waals surface area contributed by atoms with Gasteiger partial charge in [0, 0.05) is 7.11 Å². The third-order valence-corrected chi connectivity index (χ3v) is 1.80. The van der Waals surface area contributed by atoms with E-state index in [0.717, 1.165) is 0 Å². The molecule has 0 aromatic rings. The third kappa shape index (κ3) is 6.47. The van der Waals surface area contributed by atoms with Gasteiger partial charge in [0.25, 0.3) is 0 Å². The van der Waals surface area contributed by atoms with Gasteiger partial charge in [-0.05, 0) is 13.8 Å². The summed E-state index contributed by atoms with van der Waals surface area (Å²) in [6.07, 6.45) is -0.345. The molecule has 0 bridgehead atoms. The first-order chi connectivity index (χ1) is 4.98. The first-order valence-electron chi connectivity index (χ1n) is 3.12. The molecule has 0 saturated heterocycles. The number of rotatable bonds is 5. The molecule has 0 aromatic carbocycles. The van der Waals surface area contributed by atoms with Gasteiger partial charge in [-0.25, -0.2) is 4.57 Å². The summed E-state index contributed by atoms with van der Waals surface area (Å²) in [6.45, 7) is 3.03. The molecular formula is C5H13O5P. The zero-order valence-electron chi connectivity index (χ0n) is 6.81. The van der Waals surface area contributed by atoms with Crippen molar-refractivity contribution in [3.63, 3.8) is 0 Å². The van der Waals surface area contributed by atoms with Crippen LogP contribution in [0, 0.1) is 0 Å². The summed E-state index contributed by atoms with van der Waals surface area (Å²) < 4.78 is 24.1. The lowest BCUT2D eigenvalue weighted by Gasteiger charge is -2.13. The normalized spacial score (nSPS) is 16.8. The Kier molecular flexibility index (Phi) is 4.88. The first-order valence-corrected chi connectivity index (χ1v) is 4.62. The number of hydrogen-bond donors (Lipinski definition) is 1. The Morgan fingerprint density at radius 3 is 2.45 bits per heavy atom. The lowest BCUT2D eigenvalue weighted by atomic mass is 10.5. The van der Waals surface area contributed by atoms with Gasteiger partial charge in [-0.1, -0.05) is 0 Å². The Bertz CT molecular complexity index is 146. The molecule has 0 heterocycles. The highest BCUT2D eigenvalue weighted by Gasteiger charge is 2.21. The molecule has 0 radical (unpaired) electrons. The fraction of sp³-hybridized carbons (Fsp3) is 1.00. The van der Waals surface area contributed by atoms with E-state index < -0.39 is 7.82 Å². The van der Waals surface area contributed by atoms with Gasteiger partial charge in [0.15, 0.2) is 6.79 Å². The van der Waals surface area contributed by atoms with E-state index in [1.54, 1.807) is 13.8 Å². The number of phosphoric ester groups is 1. The molecule has 0 aliphatic rings. The van der Waals surface area contributed by atoms with Gasteiger partial charge >= 0.3 is 7.82 Å². The van der Waals surface area contributed by atoms with E-state index in [1.807, 2.05) is 0 Å². The quantitative estimate of drug-likeness (QED) is 0.512. The van der Waals surface area contributed by atoms with Crippen LogP contribution in [0.4, 0.5) is 0 Å². The summed E-state index contributed by atoms with van der Waals surface area (Å²) in [6, 6.07) is 0. The fourth-order valence-corrected chi connectivity index (χ4v) is 1.25. The van der Waals surface area contributed by atoms with Crippen LogP contribution >= 0.6 is 7.82 Å². The Labute approximate surface area is 65.9 Å². The van der Waals surface area contributed by atoms with E-state index in [4.69, 9.17) is 4.89 Å². The third-order valence-electron chi connectivity index (χ3n) is 0.678. The van der Waals surface area contributed by atoms with Crippen LogP contribution in [0.25, 0.3) is 0 Å². The van der Waals surface area contributed by atoms with Gasteiger partial charge in [-0.3, -0.25) is 9.05 Å². The average molecular weight is 184 g/mol. The predicted octanol–water partition coefficient (Wildman–Crippen LogP) is 1.13. The molecule has 1 unspecified atom stereocenters. The molecule has 0 rings (SSSR count). The van der Waals surface area contributed by atoms with Crippen molar-refractivity contribution in [3.05, 3.63) is 0 Å². The van der Waals surface area contributed by atoms with Crippen LogP contribution in [0.15, 0.2) is 0 Å². The Morgan fingerprint density at radius 2 is 2.09 bits per heavy atom. The van der Waals surface area contributed by atoms with E-state index in [2.05, 4.69) is 13.8 Å². The summed E-state index contributed by atoms with van der Waals surface area (Å²) >= 11 is 0. The van der Waals surface area contributed by atoms with Gasteiger partial charge in [0.2, 0.25) is 0 Å². The fourth-order valence-electron chi connectivity index (χ4n) is 0.416. The van der Waals surface area contributed by atoms with Crippen LogP contribution in [-0.4, -0.2) is 24.9 Å². The molecular weight excluding hydrogens is 171 g/mol. The molecule has 5 nitrogen and oxygen atoms in total. The van der Waals surface area contributed by atoms with Gasteiger partial charge in [-0.15, -0.1) is 0 Å². The first kappa shape index (κ1) is 11.1. The molecule has 6 heteroatoms. The number of phosphoric acid groups is 1. The van der Waals surface area contributed by atoms with Crippen LogP contribution in [0.3, 0.4) is 0 Å². The standard InChI is InChI=1S/C5H13O5P/c1-5(2)10-11(6,7)9-4-8-3/h5H,4H2,1-3H3,(H,6,7). The van der Waals surface area contributed by atoms with Gasteiger partial charge in [-0.2, -0.15) is 0 Å². The van der Waals surface area contributed by atoms with Crippen LogP contribution in [0.5, 0.6) is 0 Å². The van der Waals surface area contributed by atoms with Crippen molar-refractivity contribution in [3.8, 4) is 0 Å². The van der Waals surface area contributed by atoms with E-state index in [-0.39, 0.29) is 12.9 Å². The molecule has 68 valence electrons. The summed E-state index contributed by atoms with van der Waals surface area (Å²) in [5.74, 6) is 0. The summed E-state index contributed by atoms with van der Waals surface area (Å²) in [7, 11) is -2.53. The smallest absolute Gasteiger partial charge is 0.358 e. The minimum absolute atomic E-state index is 0.250. The number of hydrogen-bond acceptors (Lipinski definition) is 4. The minimum Gasteiger partial charge on any atom is -0.358 e. The lowest BCUT2D eigenvalue weighted by molar-refractivity contribution is 0.0135. The van der Waals surface area contributed by atoms with Crippen LogP contribution in [-0.2, 0) is 18.3 Å². The maximum Gasteiger partial charge on any atom is 0.474 e. The van der Waals surface area contributed by atoms with E-state index in [1.165, 1.54) is 7.11 Å². The largest absolute Gasteiger partial charge is 0.474 e. The minimum atomic E-state index is -3.89. The zero-order valence-corrected chi connectivity index (χ0v) is 7.71. The molecule has 1 N–H and O–H groups in total.